The minimum atomic E-state index is 0. The Bertz CT molecular complexity index is 403. The number of rotatable bonds is 2. The molecular formula is C13H24ClN3S. The van der Waals surface area contributed by atoms with Crippen LogP contribution < -0.4 is 5.73 Å². The van der Waals surface area contributed by atoms with E-state index in [-0.39, 0.29) is 17.8 Å². The largest absolute Gasteiger partial charge is 0.327 e. The third kappa shape index (κ3) is 3.44. The summed E-state index contributed by atoms with van der Waals surface area (Å²) in [5.41, 5.74) is 7.59. The molecule has 104 valence electrons. The summed E-state index contributed by atoms with van der Waals surface area (Å²) in [7, 11) is 0. The standard InChI is InChI=1S/C13H23N3S.ClH/c1-9-11(17-10(2)15-9)7-16-6-5-12(14)13(3,4)8-16;/h12H,5-8,14H2,1-4H3;1H. The van der Waals surface area contributed by atoms with Gasteiger partial charge >= 0.3 is 0 Å². The lowest BCUT2D eigenvalue weighted by Gasteiger charge is -2.42. The van der Waals surface area contributed by atoms with E-state index in [1.165, 1.54) is 15.6 Å². The second kappa shape index (κ2) is 5.87. The van der Waals surface area contributed by atoms with Crippen molar-refractivity contribution in [1.82, 2.24) is 9.88 Å². The Balaban J connectivity index is 0.00000162. The fourth-order valence-electron chi connectivity index (χ4n) is 2.54. The molecule has 2 heterocycles. The summed E-state index contributed by atoms with van der Waals surface area (Å²) in [5.74, 6) is 0. The van der Waals surface area contributed by atoms with Gasteiger partial charge in [0, 0.05) is 30.6 Å². The van der Waals surface area contributed by atoms with Crippen molar-refractivity contribution in [2.75, 3.05) is 13.1 Å². The number of halogens is 1. The van der Waals surface area contributed by atoms with Gasteiger partial charge in [0.05, 0.1) is 10.7 Å². The van der Waals surface area contributed by atoms with Crippen LogP contribution in [0.25, 0.3) is 0 Å². The highest BCUT2D eigenvalue weighted by Crippen LogP contribution is 2.29. The van der Waals surface area contributed by atoms with Crippen LogP contribution in [0.3, 0.4) is 0 Å². The second-order valence-electron chi connectivity index (χ2n) is 5.84. The molecule has 0 radical (unpaired) electrons. The first-order valence-electron chi connectivity index (χ1n) is 6.29. The summed E-state index contributed by atoms with van der Waals surface area (Å²) in [6.45, 7) is 12.0. The van der Waals surface area contributed by atoms with Crippen molar-refractivity contribution in [3.63, 3.8) is 0 Å². The van der Waals surface area contributed by atoms with Crippen LogP contribution in [-0.4, -0.2) is 29.0 Å². The first-order valence-corrected chi connectivity index (χ1v) is 7.11. The summed E-state index contributed by atoms with van der Waals surface area (Å²) in [6.07, 6.45) is 1.10. The maximum Gasteiger partial charge on any atom is 0.0900 e. The molecule has 18 heavy (non-hydrogen) atoms. The number of aromatic nitrogens is 1. The van der Waals surface area contributed by atoms with E-state index < -0.39 is 0 Å². The molecule has 1 aromatic rings. The molecule has 0 bridgehead atoms. The molecule has 1 unspecified atom stereocenters. The van der Waals surface area contributed by atoms with Crippen molar-refractivity contribution in [1.29, 1.82) is 0 Å². The van der Waals surface area contributed by atoms with Gasteiger partial charge in [0.25, 0.3) is 0 Å². The SMILES string of the molecule is Cc1nc(C)c(CN2CCC(N)C(C)(C)C2)s1.Cl. The molecule has 1 fully saturated rings. The van der Waals surface area contributed by atoms with Gasteiger partial charge in [-0.25, -0.2) is 4.98 Å². The van der Waals surface area contributed by atoms with Crippen LogP contribution in [0.4, 0.5) is 0 Å². The summed E-state index contributed by atoms with van der Waals surface area (Å²) in [4.78, 5) is 8.42. The molecule has 2 rings (SSSR count). The number of thiazole rings is 1. The van der Waals surface area contributed by atoms with E-state index in [2.05, 4.69) is 37.6 Å². The Morgan fingerprint density at radius 1 is 1.44 bits per heavy atom. The molecule has 1 aliphatic heterocycles. The van der Waals surface area contributed by atoms with E-state index in [1.54, 1.807) is 0 Å². The van der Waals surface area contributed by atoms with Crippen LogP contribution in [0.15, 0.2) is 0 Å². The van der Waals surface area contributed by atoms with Gasteiger partial charge in [-0.05, 0) is 25.7 Å². The van der Waals surface area contributed by atoms with Crippen molar-refractivity contribution in [2.24, 2.45) is 11.1 Å². The van der Waals surface area contributed by atoms with Crippen LogP contribution >= 0.6 is 23.7 Å². The molecule has 0 aliphatic carbocycles. The number of nitrogens with zero attached hydrogens (tertiary/aromatic N) is 2. The predicted molar refractivity (Wildman–Crippen MR) is 80.5 cm³/mol. The summed E-state index contributed by atoms with van der Waals surface area (Å²) in [6, 6.07) is 0.336. The quantitative estimate of drug-likeness (QED) is 0.910. The Morgan fingerprint density at radius 3 is 2.61 bits per heavy atom. The van der Waals surface area contributed by atoms with E-state index >= 15 is 0 Å². The van der Waals surface area contributed by atoms with Crippen LogP contribution in [0.2, 0.25) is 0 Å². The monoisotopic (exact) mass is 289 g/mol. The van der Waals surface area contributed by atoms with Crippen LogP contribution in [0.1, 0.15) is 35.8 Å². The van der Waals surface area contributed by atoms with Crippen molar-refractivity contribution >= 4 is 23.7 Å². The number of piperidine rings is 1. The molecule has 0 spiro atoms. The zero-order valence-corrected chi connectivity index (χ0v) is 13.3. The van der Waals surface area contributed by atoms with E-state index in [0.29, 0.717) is 6.04 Å². The molecule has 1 atom stereocenters. The van der Waals surface area contributed by atoms with Crippen molar-refractivity contribution in [3.05, 3.63) is 15.6 Å². The second-order valence-corrected chi connectivity index (χ2v) is 7.12. The zero-order valence-electron chi connectivity index (χ0n) is 11.7. The van der Waals surface area contributed by atoms with Gasteiger partial charge in [-0.3, -0.25) is 4.90 Å². The van der Waals surface area contributed by atoms with Crippen LogP contribution in [0.5, 0.6) is 0 Å². The molecule has 1 saturated heterocycles. The third-order valence-corrected chi connectivity index (χ3v) is 4.82. The van der Waals surface area contributed by atoms with Gasteiger partial charge in [-0.15, -0.1) is 23.7 Å². The number of likely N-dealkylation sites (tertiary alicyclic amines) is 1. The lowest BCUT2D eigenvalue weighted by Crippen LogP contribution is -2.52. The Kier molecular flexibility index (Phi) is 5.18. The summed E-state index contributed by atoms with van der Waals surface area (Å²) in [5, 5.41) is 1.17. The average molecular weight is 290 g/mol. The van der Waals surface area contributed by atoms with Crippen molar-refractivity contribution in [2.45, 2.75) is 46.7 Å². The summed E-state index contributed by atoms with van der Waals surface area (Å²) < 4.78 is 0. The molecule has 1 aromatic heterocycles. The zero-order chi connectivity index (χ0) is 12.6. The van der Waals surface area contributed by atoms with Crippen molar-refractivity contribution in [3.8, 4) is 0 Å². The minimum absolute atomic E-state index is 0. The lowest BCUT2D eigenvalue weighted by molar-refractivity contribution is 0.0905. The fraction of sp³-hybridized carbons (Fsp3) is 0.769. The van der Waals surface area contributed by atoms with E-state index in [0.717, 1.165) is 26.1 Å². The highest BCUT2D eigenvalue weighted by Gasteiger charge is 2.33. The number of aryl methyl sites for hydroxylation is 2. The van der Waals surface area contributed by atoms with E-state index in [4.69, 9.17) is 5.73 Å². The molecule has 3 nitrogen and oxygen atoms in total. The molecule has 0 aromatic carbocycles. The maximum absolute atomic E-state index is 6.17. The van der Waals surface area contributed by atoms with Gasteiger partial charge in [-0.1, -0.05) is 13.8 Å². The minimum Gasteiger partial charge on any atom is -0.327 e. The highest BCUT2D eigenvalue weighted by molar-refractivity contribution is 7.11. The number of hydrogen-bond donors (Lipinski definition) is 1. The van der Waals surface area contributed by atoms with Gasteiger partial charge in [0.15, 0.2) is 0 Å². The summed E-state index contributed by atoms with van der Waals surface area (Å²) >= 11 is 1.82. The molecule has 0 amide bonds. The van der Waals surface area contributed by atoms with E-state index in [9.17, 15) is 0 Å². The van der Waals surface area contributed by atoms with Gasteiger partial charge < -0.3 is 5.73 Å². The van der Waals surface area contributed by atoms with Crippen molar-refractivity contribution < 1.29 is 0 Å². The Labute approximate surface area is 120 Å². The third-order valence-electron chi connectivity index (χ3n) is 3.76. The van der Waals surface area contributed by atoms with Gasteiger partial charge in [0.2, 0.25) is 0 Å². The van der Waals surface area contributed by atoms with Crippen LogP contribution in [-0.2, 0) is 6.54 Å². The molecule has 1 aliphatic rings. The molecule has 5 heteroatoms. The normalized spacial score (nSPS) is 23.7. The predicted octanol–water partition coefficient (Wildman–Crippen LogP) is 2.74. The fourth-order valence-corrected chi connectivity index (χ4v) is 3.52. The average Bonchev–Trinajstić information content (AvgIpc) is 2.51. The highest BCUT2D eigenvalue weighted by atomic mass is 35.5. The molecule has 0 saturated carbocycles. The van der Waals surface area contributed by atoms with Gasteiger partial charge in [0.1, 0.15) is 0 Å². The first kappa shape index (κ1) is 15.9. The topological polar surface area (TPSA) is 42.2 Å². The maximum atomic E-state index is 6.17. The number of hydrogen-bond acceptors (Lipinski definition) is 4. The van der Waals surface area contributed by atoms with E-state index in [1.807, 2.05) is 11.3 Å². The number of nitrogens with two attached hydrogens (primary N) is 1. The van der Waals surface area contributed by atoms with Gasteiger partial charge in [-0.2, -0.15) is 0 Å². The Hall–Kier alpha value is -0.160. The molecular weight excluding hydrogens is 266 g/mol. The van der Waals surface area contributed by atoms with Crippen LogP contribution in [0, 0.1) is 19.3 Å². The Morgan fingerprint density at radius 2 is 2.11 bits per heavy atom. The smallest absolute Gasteiger partial charge is 0.0900 e. The first-order chi connectivity index (χ1) is 7.88. The lowest BCUT2D eigenvalue weighted by atomic mass is 9.80. The molecule has 2 N–H and O–H groups in total.